The van der Waals surface area contributed by atoms with E-state index in [-0.39, 0.29) is 17.9 Å². The van der Waals surface area contributed by atoms with Crippen molar-refractivity contribution in [1.82, 2.24) is 14.7 Å². The SMILES string of the molecule is CN(Cc1c(Cl)cnn1C)C(=O)c1cc(Br)ccc1OC(F)F. The second kappa shape index (κ2) is 7.27. The Hall–Kier alpha value is -1.67. The van der Waals surface area contributed by atoms with Gasteiger partial charge in [0.05, 0.1) is 29.0 Å². The third kappa shape index (κ3) is 4.20. The highest BCUT2D eigenvalue weighted by Crippen LogP contribution is 2.26. The molecule has 0 saturated carbocycles. The zero-order chi connectivity index (χ0) is 17.1. The number of benzene rings is 1. The van der Waals surface area contributed by atoms with E-state index in [1.807, 2.05) is 0 Å². The second-order valence-electron chi connectivity index (χ2n) is 4.74. The average Bonchev–Trinajstić information content (AvgIpc) is 2.79. The first-order valence-electron chi connectivity index (χ1n) is 6.45. The molecule has 0 spiro atoms. The van der Waals surface area contributed by atoms with E-state index in [4.69, 9.17) is 11.6 Å². The lowest BCUT2D eigenvalue weighted by Gasteiger charge is -2.19. The summed E-state index contributed by atoms with van der Waals surface area (Å²) in [7, 11) is 3.24. The van der Waals surface area contributed by atoms with Crippen LogP contribution in [0.5, 0.6) is 5.75 Å². The summed E-state index contributed by atoms with van der Waals surface area (Å²) in [6.07, 6.45) is 1.47. The number of amides is 1. The van der Waals surface area contributed by atoms with Gasteiger partial charge in [0.25, 0.3) is 5.91 Å². The van der Waals surface area contributed by atoms with Crippen molar-refractivity contribution < 1.29 is 18.3 Å². The highest BCUT2D eigenvalue weighted by Gasteiger charge is 2.21. The lowest BCUT2D eigenvalue weighted by molar-refractivity contribution is -0.0502. The molecule has 1 amide bonds. The third-order valence-corrected chi connectivity index (χ3v) is 3.94. The minimum absolute atomic E-state index is 0.0282. The van der Waals surface area contributed by atoms with Gasteiger partial charge in [-0.25, -0.2) is 0 Å². The Morgan fingerprint density at radius 1 is 1.52 bits per heavy atom. The normalized spacial score (nSPS) is 10.9. The molecule has 1 aromatic heterocycles. The van der Waals surface area contributed by atoms with Gasteiger partial charge >= 0.3 is 6.61 Å². The van der Waals surface area contributed by atoms with Gasteiger partial charge in [-0.05, 0) is 18.2 Å². The van der Waals surface area contributed by atoms with Crippen molar-refractivity contribution in [1.29, 1.82) is 0 Å². The van der Waals surface area contributed by atoms with Crippen LogP contribution in [0, 0.1) is 0 Å². The summed E-state index contributed by atoms with van der Waals surface area (Å²) in [6, 6.07) is 4.27. The smallest absolute Gasteiger partial charge is 0.387 e. The number of halogens is 4. The fourth-order valence-electron chi connectivity index (χ4n) is 1.98. The first-order chi connectivity index (χ1) is 10.8. The molecule has 0 fully saturated rings. The molecule has 5 nitrogen and oxygen atoms in total. The number of alkyl halides is 2. The summed E-state index contributed by atoms with van der Waals surface area (Å²) in [5, 5.41) is 4.41. The summed E-state index contributed by atoms with van der Waals surface area (Å²) >= 11 is 9.23. The average molecular weight is 409 g/mol. The Labute approximate surface area is 144 Å². The van der Waals surface area contributed by atoms with Gasteiger partial charge in [0.2, 0.25) is 0 Å². The predicted molar refractivity (Wildman–Crippen MR) is 84.8 cm³/mol. The van der Waals surface area contributed by atoms with Gasteiger partial charge < -0.3 is 9.64 Å². The Morgan fingerprint density at radius 3 is 2.78 bits per heavy atom. The second-order valence-corrected chi connectivity index (χ2v) is 6.07. The molecule has 1 aromatic carbocycles. The van der Waals surface area contributed by atoms with Crippen molar-refractivity contribution >= 4 is 33.4 Å². The molecule has 0 aliphatic rings. The van der Waals surface area contributed by atoms with E-state index in [1.54, 1.807) is 18.8 Å². The van der Waals surface area contributed by atoms with Crippen LogP contribution in [0.1, 0.15) is 16.1 Å². The number of nitrogens with zero attached hydrogens (tertiary/aromatic N) is 3. The number of hydrogen-bond donors (Lipinski definition) is 0. The van der Waals surface area contributed by atoms with Gasteiger partial charge in [0, 0.05) is 18.6 Å². The maximum atomic E-state index is 12.6. The quantitative estimate of drug-likeness (QED) is 0.758. The summed E-state index contributed by atoms with van der Waals surface area (Å²) in [4.78, 5) is 13.9. The predicted octanol–water partition coefficient (Wildman–Crippen LogP) is 3.71. The molecule has 0 radical (unpaired) electrons. The maximum Gasteiger partial charge on any atom is 0.387 e. The van der Waals surface area contributed by atoms with Crippen molar-refractivity contribution in [3.05, 3.63) is 45.1 Å². The zero-order valence-electron chi connectivity index (χ0n) is 12.3. The first-order valence-corrected chi connectivity index (χ1v) is 7.63. The summed E-state index contributed by atoms with van der Waals surface area (Å²) < 4.78 is 31.5. The molecule has 0 saturated heterocycles. The summed E-state index contributed by atoms with van der Waals surface area (Å²) in [5.74, 6) is -0.657. The summed E-state index contributed by atoms with van der Waals surface area (Å²) in [6.45, 7) is -2.84. The van der Waals surface area contributed by atoms with E-state index in [2.05, 4.69) is 25.8 Å². The van der Waals surface area contributed by atoms with E-state index in [0.29, 0.717) is 15.2 Å². The molecule has 9 heteroatoms. The Kier molecular flexibility index (Phi) is 5.59. The molecule has 2 aromatic rings. The topological polar surface area (TPSA) is 47.4 Å². The van der Waals surface area contributed by atoms with Crippen molar-refractivity contribution in [3.63, 3.8) is 0 Å². The van der Waals surface area contributed by atoms with E-state index in [1.165, 1.54) is 29.3 Å². The van der Waals surface area contributed by atoms with E-state index < -0.39 is 12.5 Å². The zero-order valence-corrected chi connectivity index (χ0v) is 14.6. The lowest BCUT2D eigenvalue weighted by atomic mass is 10.1. The highest BCUT2D eigenvalue weighted by atomic mass is 79.9. The lowest BCUT2D eigenvalue weighted by Crippen LogP contribution is -2.28. The highest BCUT2D eigenvalue weighted by molar-refractivity contribution is 9.10. The molecule has 1 heterocycles. The fraction of sp³-hybridized carbons (Fsp3) is 0.286. The molecule has 0 N–H and O–H groups in total. The molecule has 0 aliphatic carbocycles. The van der Waals surface area contributed by atoms with Gasteiger partial charge in [-0.2, -0.15) is 13.9 Å². The van der Waals surface area contributed by atoms with Crippen molar-refractivity contribution in [2.24, 2.45) is 7.05 Å². The van der Waals surface area contributed by atoms with Crippen LogP contribution in [0.15, 0.2) is 28.9 Å². The molecular weight excluding hydrogens is 396 g/mol. The van der Waals surface area contributed by atoms with Gasteiger partial charge in [0.15, 0.2) is 0 Å². The van der Waals surface area contributed by atoms with Gasteiger partial charge in [0.1, 0.15) is 5.75 Å². The van der Waals surface area contributed by atoms with Crippen LogP contribution in [0.3, 0.4) is 0 Å². The van der Waals surface area contributed by atoms with Crippen molar-refractivity contribution in [2.45, 2.75) is 13.2 Å². The molecule has 0 unspecified atom stereocenters. The molecule has 0 bridgehead atoms. The Balaban J connectivity index is 2.27. The van der Waals surface area contributed by atoms with Crippen LogP contribution in [0.4, 0.5) is 8.78 Å². The molecular formula is C14H13BrClF2N3O2. The third-order valence-electron chi connectivity index (χ3n) is 3.13. The van der Waals surface area contributed by atoms with E-state index in [0.717, 1.165) is 0 Å². The number of ether oxygens (including phenoxy) is 1. The minimum atomic E-state index is -3.01. The number of hydrogen-bond acceptors (Lipinski definition) is 3. The van der Waals surface area contributed by atoms with Crippen LogP contribution in [-0.4, -0.2) is 34.2 Å². The molecule has 0 atom stereocenters. The van der Waals surface area contributed by atoms with Gasteiger partial charge in [-0.1, -0.05) is 27.5 Å². The minimum Gasteiger partial charge on any atom is -0.434 e. The number of rotatable bonds is 5. The fourth-order valence-corrected chi connectivity index (χ4v) is 2.57. The Bertz CT molecular complexity index is 705. The van der Waals surface area contributed by atoms with Crippen LogP contribution in [0.25, 0.3) is 0 Å². The van der Waals surface area contributed by atoms with E-state index in [9.17, 15) is 13.6 Å². The maximum absolute atomic E-state index is 12.6. The van der Waals surface area contributed by atoms with Crippen LogP contribution in [-0.2, 0) is 13.6 Å². The van der Waals surface area contributed by atoms with Gasteiger partial charge in [-0.3, -0.25) is 9.48 Å². The van der Waals surface area contributed by atoms with Gasteiger partial charge in [-0.15, -0.1) is 0 Å². The molecule has 2 rings (SSSR count). The van der Waals surface area contributed by atoms with Crippen molar-refractivity contribution in [3.8, 4) is 5.75 Å². The van der Waals surface area contributed by atoms with Crippen molar-refractivity contribution in [2.75, 3.05) is 7.05 Å². The monoisotopic (exact) mass is 407 g/mol. The molecule has 0 aliphatic heterocycles. The number of carbonyl (C=O) groups is 1. The number of aryl methyl sites for hydroxylation is 1. The standard InChI is InChI=1S/C14H13BrClF2N3O2/c1-20(7-11-10(16)6-19-21(11)2)13(22)9-5-8(15)3-4-12(9)23-14(17)18/h3-6,14H,7H2,1-2H3. The number of aromatic nitrogens is 2. The Morgan fingerprint density at radius 2 is 2.22 bits per heavy atom. The van der Waals surface area contributed by atoms with Crippen LogP contribution < -0.4 is 4.74 Å². The largest absolute Gasteiger partial charge is 0.434 e. The van der Waals surface area contributed by atoms with Crippen LogP contribution in [0.2, 0.25) is 5.02 Å². The van der Waals surface area contributed by atoms with Crippen LogP contribution >= 0.6 is 27.5 Å². The summed E-state index contributed by atoms with van der Waals surface area (Å²) in [5.41, 5.74) is 0.661. The number of carbonyl (C=O) groups excluding carboxylic acids is 1. The van der Waals surface area contributed by atoms with E-state index >= 15 is 0 Å². The molecule has 23 heavy (non-hydrogen) atoms. The first kappa shape index (κ1) is 17.7. The molecule has 124 valence electrons.